The van der Waals surface area contributed by atoms with Gasteiger partial charge < -0.3 is 5.11 Å². The van der Waals surface area contributed by atoms with E-state index >= 15 is 0 Å². The molecule has 4 rings (SSSR count). The van der Waals surface area contributed by atoms with E-state index in [2.05, 4.69) is 4.98 Å². The molecule has 0 amide bonds. The summed E-state index contributed by atoms with van der Waals surface area (Å²) in [5, 5.41) is 10.9. The number of benzene rings is 1. The molecule has 3 heterocycles. The molecule has 0 unspecified atom stereocenters. The van der Waals surface area contributed by atoms with Crippen molar-refractivity contribution < 1.29 is 22.7 Å². The standard InChI is InChI=1S/C19H11ClF3N3O2S/c20-18-24-9-13(29-18)10-26-14-6-1-2-7-25(14)16(27)15(17(26)28)11-4-3-5-12(8-11)19(21,22)23/h1-9H,10H2/p+1. The summed E-state index contributed by atoms with van der Waals surface area (Å²) >= 11 is 7.07. The van der Waals surface area contributed by atoms with Crippen LogP contribution in [0.5, 0.6) is 5.88 Å². The van der Waals surface area contributed by atoms with Crippen molar-refractivity contribution in [3.8, 4) is 17.0 Å². The van der Waals surface area contributed by atoms with E-state index in [0.29, 0.717) is 15.0 Å². The largest absolute Gasteiger partial charge is 0.477 e. The molecule has 1 N–H and O–H groups in total. The topological polar surface area (TPSA) is 59.2 Å². The molecular formula is C19H12ClF3N3O2S+. The summed E-state index contributed by atoms with van der Waals surface area (Å²) in [6.07, 6.45) is -1.55. The third-order valence-corrected chi connectivity index (χ3v) is 5.44. The number of rotatable bonds is 3. The lowest BCUT2D eigenvalue weighted by atomic mass is 10.0. The summed E-state index contributed by atoms with van der Waals surface area (Å²) < 4.78 is 42.4. The zero-order valence-electron chi connectivity index (χ0n) is 14.5. The minimum atomic E-state index is -4.58. The molecule has 148 valence electrons. The molecule has 0 aliphatic rings. The molecule has 10 heteroatoms. The minimum absolute atomic E-state index is 0.0309. The molecule has 0 atom stereocenters. The number of alkyl halides is 3. The number of pyridine rings is 1. The van der Waals surface area contributed by atoms with Crippen molar-refractivity contribution in [2.24, 2.45) is 0 Å². The van der Waals surface area contributed by atoms with E-state index in [1.807, 2.05) is 0 Å². The number of aromatic hydroxyl groups is 1. The van der Waals surface area contributed by atoms with Crippen molar-refractivity contribution in [1.82, 2.24) is 9.55 Å². The summed E-state index contributed by atoms with van der Waals surface area (Å²) in [7, 11) is 0. The fraction of sp³-hybridized carbons (Fsp3) is 0.105. The van der Waals surface area contributed by atoms with Gasteiger partial charge in [-0.2, -0.15) is 22.1 Å². The van der Waals surface area contributed by atoms with Gasteiger partial charge in [0, 0.05) is 12.3 Å². The summed E-state index contributed by atoms with van der Waals surface area (Å²) in [6.45, 7) is 0.135. The lowest BCUT2D eigenvalue weighted by Gasteiger charge is -2.11. The second-order valence-corrected chi connectivity index (χ2v) is 7.87. The number of halogens is 4. The second-order valence-electron chi connectivity index (χ2n) is 6.18. The van der Waals surface area contributed by atoms with Crippen LogP contribution in [0, 0.1) is 0 Å². The van der Waals surface area contributed by atoms with E-state index in [9.17, 15) is 23.1 Å². The van der Waals surface area contributed by atoms with Gasteiger partial charge >= 0.3 is 11.7 Å². The molecule has 29 heavy (non-hydrogen) atoms. The molecule has 5 nitrogen and oxygen atoms in total. The van der Waals surface area contributed by atoms with Crippen LogP contribution in [0.25, 0.3) is 16.8 Å². The van der Waals surface area contributed by atoms with Crippen LogP contribution in [-0.2, 0) is 12.7 Å². The van der Waals surface area contributed by atoms with Crippen LogP contribution in [0.3, 0.4) is 0 Å². The maximum Gasteiger partial charge on any atom is 0.416 e. The maximum absolute atomic E-state index is 13.1. The summed E-state index contributed by atoms with van der Waals surface area (Å²) in [5.41, 5.74) is -1.42. The molecule has 0 aliphatic heterocycles. The highest BCUT2D eigenvalue weighted by molar-refractivity contribution is 7.15. The van der Waals surface area contributed by atoms with Crippen molar-refractivity contribution >= 4 is 28.6 Å². The first-order chi connectivity index (χ1) is 13.8. The Kier molecular flexibility index (Phi) is 4.79. The van der Waals surface area contributed by atoms with Gasteiger partial charge in [0.2, 0.25) is 0 Å². The van der Waals surface area contributed by atoms with Gasteiger partial charge in [0.05, 0.1) is 16.6 Å². The zero-order valence-corrected chi connectivity index (χ0v) is 16.1. The number of thiazole rings is 1. The Bertz CT molecular complexity index is 1280. The van der Waals surface area contributed by atoms with E-state index in [1.165, 1.54) is 44.8 Å². The van der Waals surface area contributed by atoms with Crippen LogP contribution in [0.15, 0.2) is 59.7 Å². The molecular weight excluding hydrogens is 427 g/mol. The minimum Gasteiger partial charge on any atom is -0.477 e. The quantitative estimate of drug-likeness (QED) is 0.489. The molecule has 0 spiro atoms. The Morgan fingerprint density at radius 2 is 2.00 bits per heavy atom. The molecule has 3 aromatic heterocycles. The highest BCUT2D eigenvalue weighted by Crippen LogP contribution is 2.34. The van der Waals surface area contributed by atoms with E-state index in [0.717, 1.165) is 12.1 Å². The Balaban J connectivity index is 1.99. The maximum atomic E-state index is 13.1. The highest BCUT2D eigenvalue weighted by Gasteiger charge is 2.32. The number of hydrogen-bond acceptors (Lipinski definition) is 4. The Morgan fingerprint density at radius 1 is 1.21 bits per heavy atom. The Morgan fingerprint density at radius 3 is 2.69 bits per heavy atom. The van der Waals surface area contributed by atoms with Gasteiger partial charge in [-0.3, -0.25) is 0 Å². The van der Waals surface area contributed by atoms with Crippen molar-refractivity contribution in [3.05, 3.63) is 80.1 Å². The van der Waals surface area contributed by atoms with E-state index in [4.69, 9.17) is 11.6 Å². The number of hydrogen-bond donors (Lipinski definition) is 1. The van der Waals surface area contributed by atoms with Crippen LogP contribution in [-0.4, -0.2) is 14.7 Å². The van der Waals surface area contributed by atoms with Gasteiger partial charge in [0.25, 0.3) is 11.5 Å². The SMILES string of the molecule is O=c1c(-c2cccc(C(F)(F)F)c2)c(O)n(Cc2cnc(Cl)s2)c2cccc[n+]12. The normalized spacial score (nSPS) is 11.9. The van der Waals surface area contributed by atoms with Crippen molar-refractivity contribution in [3.63, 3.8) is 0 Å². The van der Waals surface area contributed by atoms with Gasteiger partial charge in [-0.05, 0) is 23.8 Å². The first-order valence-electron chi connectivity index (χ1n) is 8.29. The third-order valence-electron chi connectivity index (χ3n) is 4.34. The molecule has 0 aliphatic carbocycles. The molecule has 1 aromatic carbocycles. The predicted molar refractivity (Wildman–Crippen MR) is 102 cm³/mol. The average Bonchev–Trinajstić information content (AvgIpc) is 3.10. The van der Waals surface area contributed by atoms with Crippen LogP contribution in [0.4, 0.5) is 13.2 Å². The van der Waals surface area contributed by atoms with Crippen molar-refractivity contribution in [2.45, 2.75) is 12.7 Å². The molecule has 0 saturated heterocycles. The van der Waals surface area contributed by atoms with Gasteiger partial charge in [0.1, 0.15) is 6.54 Å². The number of nitrogens with zero attached hydrogens (tertiary/aromatic N) is 3. The number of fused-ring (bicyclic) bond motifs is 1. The van der Waals surface area contributed by atoms with Gasteiger partial charge in [-0.15, -0.1) is 11.3 Å². The average molecular weight is 439 g/mol. The van der Waals surface area contributed by atoms with Gasteiger partial charge in [-0.1, -0.05) is 29.8 Å². The monoisotopic (exact) mass is 438 g/mol. The summed E-state index contributed by atoms with van der Waals surface area (Å²) in [4.78, 5) is 17.7. The van der Waals surface area contributed by atoms with Crippen LogP contribution in [0.2, 0.25) is 4.47 Å². The molecule has 0 fully saturated rings. The van der Waals surface area contributed by atoms with E-state index < -0.39 is 23.2 Å². The lowest BCUT2D eigenvalue weighted by molar-refractivity contribution is -0.532. The van der Waals surface area contributed by atoms with Crippen LogP contribution >= 0.6 is 22.9 Å². The fourth-order valence-corrected chi connectivity index (χ4v) is 4.02. The highest BCUT2D eigenvalue weighted by atomic mass is 35.5. The summed E-state index contributed by atoms with van der Waals surface area (Å²) in [6, 6.07) is 9.24. The van der Waals surface area contributed by atoms with E-state index in [-0.39, 0.29) is 17.7 Å². The predicted octanol–water partition coefficient (Wildman–Crippen LogP) is 4.14. The first-order valence-corrected chi connectivity index (χ1v) is 9.49. The first kappa shape index (κ1) is 19.4. The van der Waals surface area contributed by atoms with Crippen LogP contribution < -0.4 is 9.96 Å². The zero-order chi connectivity index (χ0) is 20.8. The van der Waals surface area contributed by atoms with Crippen LogP contribution in [0.1, 0.15) is 10.4 Å². The lowest BCUT2D eigenvalue weighted by Crippen LogP contribution is -2.43. The third kappa shape index (κ3) is 3.58. The molecule has 0 bridgehead atoms. The molecule has 4 aromatic rings. The molecule has 0 radical (unpaired) electrons. The van der Waals surface area contributed by atoms with Crippen molar-refractivity contribution in [1.29, 1.82) is 0 Å². The van der Waals surface area contributed by atoms with Crippen molar-refractivity contribution in [2.75, 3.05) is 0 Å². The fourth-order valence-electron chi connectivity index (χ4n) is 3.06. The second kappa shape index (κ2) is 7.16. The van der Waals surface area contributed by atoms with Gasteiger partial charge in [-0.25, -0.2) is 9.78 Å². The van der Waals surface area contributed by atoms with E-state index in [1.54, 1.807) is 18.2 Å². The number of aromatic nitrogens is 3. The summed E-state index contributed by atoms with van der Waals surface area (Å²) in [5.74, 6) is -0.440. The Hall–Kier alpha value is -2.91. The molecule has 0 saturated carbocycles. The Labute approximate surface area is 170 Å². The smallest absolute Gasteiger partial charge is 0.416 e. The van der Waals surface area contributed by atoms with Gasteiger partial charge in [0.15, 0.2) is 10.0 Å².